The minimum Gasteiger partial charge on any atom is -0.334 e. The number of hydrogen-bond acceptors (Lipinski definition) is 3. The van der Waals surface area contributed by atoms with E-state index in [1.54, 1.807) is 11.3 Å². The Bertz CT molecular complexity index is 325. The van der Waals surface area contributed by atoms with E-state index in [1.807, 2.05) is 6.92 Å². The maximum atomic E-state index is 11.1. The number of amides is 2. The first-order valence-electron chi connectivity index (χ1n) is 4.76. The van der Waals surface area contributed by atoms with Crippen LogP contribution in [0.3, 0.4) is 0 Å². The molecule has 1 aromatic heterocycles. The molecule has 1 atom stereocenters. The monoisotopic (exact) mass is 228 g/mol. The Balaban J connectivity index is 2.35. The predicted octanol–water partition coefficient (Wildman–Crippen LogP) is 1.85. The maximum Gasteiger partial charge on any atom is 0.338 e. The molecule has 15 heavy (non-hydrogen) atoms. The fourth-order valence-corrected chi connectivity index (χ4v) is 2.31. The van der Waals surface area contributed by atoms with E-state index in [0.29, 0.717) is 0 Å². The number of carbonyl (C=O) groups is 1. The summed E-state index contributed by atoms with van der Waals surface area (Å²) in [7, 11) is 1.41. The molecule has 0 aliphatic carbocycles. The largest absolute Gasteiger partial charge is 0.338 e. The van der Waals surface area contributed by atoms with Gasteiger partial charge >= 0.3 is 6.03 Å². The van der Waals surface area contributed by atoms with Crippen molar-refractivity contribution in [3.8, 4) is 0 Å². The van der Waals surface area contributed by atoms with Gasteiger partial charge in [-0.05, 0) is 26.0 Å². The smallest absolute Gasteiger partial charge is 0.334 e. The molecular weight excluding hydrogens is 212 g/mol. The Hall–Kier alpha value is -1.07. The van der Waals surface area contributed by atoms with Gasteiger partial charge in [0.05, 0.1) is 7.11 Å². The van der Waals surface area contributed by atoms with Crippen molar-refractivity contribution in [3.63, 3.8) is 0 Å². The molecule has 0 aliphatic heterocycles. The SMILES string of the molecule is CONC(=O)NC(C)Cc1ccc(C)s1. The molecule has 1 rings (SSSR count). The lowest BCUT2D eigenvalue weighted by molar-refractivity contribution is 0.106. The summed E-state index contributed by atoms with van der Waals surface area (Å²) in [6, 6.07) is 3.96. The van der Waals surface area contributed by atoms with E-state index in [9.17, 15) is 4.79 Å². The highest BCUT2D eigenvalue weighted by Crippen LogP contribution is 2.16. The molecule has 4 nitrogen and oxygen atoms in total. The Kier molecular flexibility index (Phi) is 4.58. The molecule has 0 bridgehead atoms. The van der Waals surface area contributed by atoms with E-state index in [-0.39, 0.29) is 12.1 Å². The number of nitrogens with one attached hydrogen (secondary N) is 2. The summed E-state index contributed by atoms with van der Waals surface area (Å²) in [4.78, 5) is 18.2. The van der Waals surface area contributed by atoms with E-state index in [0.717, 1.165) is 6.42 Å². The Labute approximate surface area is 93.6 Å². The van der Waals surface area contributed by atoms with Crippen LogP contribution in [0, 0.1) is 6.92 Å². The Morgan fingerprint density at radius 3 is 2.87 bits per heavy atom. The molecule has 2 amide bonds. The fraction of sp³-hybridized carbons (Fsp3) is 0.500. The van der Waals surface area contributed by atoms with Gasteiger partial charge in [-0.3, -0.25) is 4.84 Å². The lowest BCUT2D eigenvalue weighted by Gasteiger charge is -2.12. The predicted molar refractivity (Wildman–Crippen MR) is 60.9 cm³/mol. The highest BCUT2D eigenvalue weighted by molar-refractivity contribution is 7.11. The van der Waals surface area contributed by atoms with Gasteiger partial charge in [0.15, 0.2) is 0 Å². The number of rotatable bonds is 4. The first-order chi connectivity index (χ1) is 7.11. The molecule has 0 aliphatic rings. The molecule has 0 aromatic carbocycles. The highest BCUT2D eigenvalue weighted by atomic mass is 32.1. The average Bonchev–Trinajstić information content (AvgIpc) is 2.51. The number of aryl methyl sites for hydroxylation is 1. The van der Waals surface area contributed by atoms with Crippen molar-refractivity contribution >= 4 is 17.4 Å². The molecule has 0 radical (unpaired) electrons. The molecule has 0 saturated heterocycles. The zero-order valence-corrected chi connectivity index (χ0v) is 9.98. The lowest BCUT2D eigenvalue weighted by atomic mass is 10.2. The van der Waals surface area contributed by atoms with Gasteiger partial charge in [-0.15, -0.1) is 11.3 Å². The molecule has 0 saturated carbocycles. The number of hydrogen-bond donors (Lipinski definition) is 2. The fourth-order valence-electron chi connectivity index (χ4n) is 1.29. The number of urea groups is 1. The van der Waals surface area contributed by atoms with Crippen LogP contribution in [0.4, 0.5) is 4.79 Å². The topological polar surface area (TPSA) is 50.4 Å². The van der Waals surface area contributed by atoms with Crippen LogP contribution >= 0.6 is 11.3 Å². The maximum absolute atomic E-state index is 11.1. The summed E-state index contributed by atoms with van der Waals surface area (Å²) >= 11 is 1.75. The van der Waals surface area contributed by atoms with Crippen molar-refractivity contribution in [1.29, 1.82) is 0 Å². The van der Waals surface area contributed by atoms with Gasteiger partial charge in [-0.25, -0.2) is 10.3 Å². The standard InChI is InChI=1S/C10H16N2O2S/c1-7(11-10(13)12-14-3)6-9-5-4-8(2)15-9/h4-5,7H,6H2,1-3H3,(H2,11,12,13). The van der Waals surface area contributed by atoms with Gasteiger partial charge in [0.2, 0.25) is 0 Å². The van der Waals surface area contributed by atoms with Crippen molar-refractivity contribution in [1.82, 2.24) is 10.8 Å². The molecular formula is C10H16N2O2S. The van der Waals surface area contributed by atoms with Crippen LogP contribution in [0.2, 0.25) is 0 Å². The summed E-state index contributed by atoms with van der Waals surface area (Å²) in [5, 5.41) is 2.77. The first-order valence-corrected chi connectivity index (χ1v) is 5.58. The molecule has 84 valence electrons. The zero-order valence-electron chi connectivity index (χ0n) is 9.16. The zero-order chi connectivity index (χ0) is 11.3. The first kappa shape index (κ1) is 12.0. The van der Waals surface area contributed by atoms with E-state index in [2.05, 4.69) is 34.7 Å². The van der Waals surface area contributed by atoms with Gasteiger partial charge in [0.25, 0.3) is 0 Å². The van der Waals surface area contributed by atoms with Crippen LogP contribution in [-0.2, 0) is 11.3 Å². The number of thiophene rings is 1. The summed E-state index contributed by atoms with van der Waals surface area (Å²) < 4.78 is 0. The summed E-state index contributed by atoms with van der Waals surface area (Å²) in [6.07, 6.45) is 0.843. The summed E-state index contributed by atoms with van der Waals surface area (Å²) in [5.41, 5.74) is 2.22. The highest BCUT2D eigenvalue weighted by Gasteiger charge is 2.08. The van der Waals surface area contributed by atoms with Crippen LogP contribution in [-0.4, -0.2) is 19.2 Å². The van der Waals surface area contributed by atoms with E-state index < -0.39 is 0 Å². The lowest BCUT2D eigenvalue weighted by Crippen LogP contribution is -2.41. The van der Waals surface area contributed by atoms with Crippen molar-refractivity contribution in [2.24, 2.45) is 0 Å². The molecule has 0 fully saturated rings. The van der Waals surface area contributed by atoms with E-state index in [4.69, 9.17) is 0 Å². The van der Waals surface area contributed by atoms with Crippen LogP contribution in [0.5, 0.6) is 0 Å². The second kappa shape index (κ2) is 5.72. The Morgan fingerprint density at radius 2 is 2.33 bits per heavy atom. The van der Waals surface area contributed by atoms with E-state index >= 15 is 0 Å². The average molecular weight is 228 g/mol. The van der Waals surface area contributed by atoms with Gasteiger partial charge in [-0.2, -0.15) is 0 Å². The van der Waals surface area contributed by atoms with Crippen LogP contribution in [0.25, 0.3) is 0 Å². The van der Waals surface area contributed by atoms with Crippen molar-refractivity contribution in [3.05, 3.63) is 21.9 Å². The normalized spacial score (nSPS) is 12.2. The summed E-state index contributed by atoms with van der Waals surface area (Å²) in [5.74, 6) is 0. The summed E-state index contributed by atoms with van der Waals surface area (Å²) in [6.45, 7) is 4.04. The molecule has 5 heteroatoms. The minimum absolute atomic E-state index is 0.0956. The number of hydroxylamine groups is 1. The van der Waals surface area contributed by atoms with Gasteiger partial charge in [-0.1, -0.05) is 0 Å². The minimum atomic E-state index is -0.307. The molecule has 1 heterocycles. The third kappa shape index (κ3) is 4.31. The van der Waals surface area contributed by atoms with Crippen LogP contribution in [0.1, 0.15) is 16.7 Å². The molecule has 0 spiro atoms. The van der Waals surface area contributed by atoms with Crippen LogP contribution < -0.4 is 10.8 Å². The Morgan fingerprint density at radius 1 is 1.60 bits per heavy atom. The van der Waals surface area contributed by atoms with Gasteiger partial charge in [0, 0.05) is 22.2 Å². The van der Waals surface area contributed by atoms with Gasteiger partial charge in [0.1, 0.15) is 0 Å². The van der Waals surface area contributed by atoms with Crippen molar-refractivity contribution < 1.29 is 9.63 Å². The van der Waals surface area contributed by atoms with Crippen molar-refractivity contribution in [2.45, 2.75) is 26.3 Å². The van der Waals surface area contributed by atoms with E-state index in [1.165, 1.54) is 16.9 Å². The second-order valence-electron chi connectivity index (χ2n) is 3.40. The molecule has 2 N–H and O–H groups in total. The van der Waals surface area contributed by atoms with Gasteiger partial charge < -0.3 is 5.32 Å². The molecule has 1 aromatic rings. The van der Waals surface area contributed by atoms with Crippen molar-refractivity contribution in [2.75, 3.05) is 7.11 Å². The quantitative estimate of drug-likeness (QED) is 0.773. The third-order valence-electron chi connectivity index (χ3n) is 1.88. The number of carbonyl (C=O) groups excluding carboxylic acids is 1. The molecule has 1 unspecified atom stereocenters. The van der Waals surface area contributed by atoms with Crippen LogP contribution in [0.15, 0.2) is 12.1 Å². The third-order valence-corrected chi connectivity index (χ3v) is 2.90. The second-order valence-corrected chi connectivity index (χ2v) is 4.77.